The lowest BCUT2D eigenvalue weighted by molar-refractivity contribution is 0.194. The zero-order chi connectivity index (χ0) is 11.4. The summed E-state index contributed by atoms with van der Waals surface area (Å²) in [6.07, 6.45) is 0.687. The minimum Gasteiger partial charge on any atom is -0.493 e. The maximum atomic E-state index is 13.5. The van der Waals surface area contributed by atoms with Crippen LogP contribution in [0.1, 0.15) is 25.0 Å². The number of halogens is 1. The number of hydrogen-bond donors (Lipinski definition) is 1. The van der Waals surface area contributed by atoms with Gasteiger partial charge in [-0.05, 0) is 30.5 Å². The Morgan fingerprint density at radius 1 is 1.47 bits per heavy atom. The van der Waals surface area contributed by atoms with Crippen LogP contribution in [0, 0.1) is 5.82 Å². The molecule has 0 aliphatic rings. The smallest absolute Gasteiger partial charge is 0.165 e. The fourth-order valence-electron chi connectivity index (χ4n) is 1.62. The van der Waals surface area contributed by atoms with E-state index in [1.54, 1.807) is 6.92 Å². The van der Waals surface area contributed by atoms with Crippen molar-refractivity contribution in [1.29, 1.82) is 0 Å². The summed E-state index contributed by atoms with van der Waals surface area (Å²) >= 11 is 0. The van der Waals surface area contributed by atoms with Gasteiger partial charge in [0.2, 0.25) is 0 Å². The Bertz CT molecular complexity index is 335. The van der Waals surface area contributed by atoms with Crippen LogP contribution in [0.2, 0.25) is 0 Å². The Morgan fingerprint density at radius 3 is 2.60 bits per heavy atom. The van der Waals surface area contributed by atoms with Crippen LogP contribution < -0.4 is 4.74 Å². The molecule has 0 heterocycles. The van der Waals surface area contributed by atoms with Gasteiger partial charge in [0.05, 0.1) is 13.2 Å². The second-order valence-corrected chi connectivity index (χ2v) is 3.68. The molecule has 1 aromatic carbocycles. The van der Waals surface area contributed by atoms with Crippen LogP contribution in [0.3, 0.4) is 0 Å². The van der Waals surface area contributed by atoms with Crippen LogP contribution in [0.15, 0.2) is 12.1 Å². The number of aliphatic hydroxyl groups excluding tert-OH is 1. The fraction of sp³-hybridized carbons (Fsp3) is 0.500. The maximum Gasteiger partial charge on any atom is 0.165 e. The van der Waals surface area contributed by atoms with Gasteiger partial charge in [0.15, 0.2) is 11.6 Å². The lowest BCUT2D eigenvalue weighted by Crippen LogP contribution is -2.07. The van der Waals surface area contributed by atoms with E-state index in [1.165, 1.54) is 13.2 Å². The average molecular weight is 212 g/mol. The first-order valence-corrected chi connectivity index (χ1v) is 5.11. The number of methoxy groups -OCH3 is 1. The number of aryl methyl sites for hydroxylation is 1. The van der Waals surface area contributed by atoms with E-state index in [4.69, 9.17) is 4.74 Å². The minimum atomic E-state index is -0.495. The molecule has 1 atom stereocenters. The highest BCUT2D eigenvalue weighted by molar-refractivity contribution is 5.39. The van der Waals surface area contributed by atoms with E-state index in [1.807, 2.05) is 13.0 Å². The van der Waals surface area contributed by atoms with E-state index in [-0.39, 0.29) is 11.6 Å². The van der Waals surface area contributed by atoms with Crippen molar-refractivity contribution >= 4 is 0 Å². The number of hydrogen-bond acceptors (Lipinski definition) is 2. The van der Waals surface area contributed by atoms with Gasteiger partial charge in [-0.1, -0.05) is 13.0 Å². The lowest BCUT2D eigenvalue weighted by Gasteiger charge is -2.12. The molecule has 1 N–H and O–H groups in total. The van der Waals surface area contributed by atoms with Crippen LogP contribution in [-0.4, -0.2) is 18.3 Å². The Labute approximate surface area is 89.7 Å². The van der Waals surface area contributed by atoms with E-state index >= 15 is 0 Å². The van der Waals surface area contributed by atoms with Crippen molar-refractivity contribution in [1.82, 2.24) is 0 Å². The molecule has 0 amide bonds. The zero-order valence-corrected chi connectivity index (χ0v) is 9.38. The molecule has 0 bridgehead atoms. The molecule has 1 rings (SSSR count). The summed E-state index contributed by atoms with van der Waals surface area (Å²) in [4.78, 5) is 0. The maximum absolute atomic E-state index is 13.5. The fourth-order valence-corrected chi connectivity index (χ4v) is 1.62. The Morgan fingerprint density at radius 2 is 2.13 bits per heavy atom. The molecule has 1 aromatic rings. The zero-order valence-electron chi connectivity index (χ0n) is 9.38. The van der Waals surface area contributed by atoms with Crippen LogP contribution >= 0.6 is 0 Å². The van der Waals surface area contributed by atoms with Crippen molar-refractivity contribution < 1.29 is 14.2 Å². The molecule has 1 unspecified atom stereocenters. The molecule has 3 heteroatoms. The van der Waals surface area contributed by atoms with Gasteiger partial charge in [-0.3, -0.25) is 0 Å². The van der Waals surface area contributed by atoms with Crippen LogP contribution in [0.5, 0.6) is 5.75 Å². The number of aliphatic hydroxyl groups is 1. The van der Waals surface area contributed by atoms with Crippen LogP contribution in [0.4, 0.5) is 4.39 Å². The normalized spacial score (nSPS) is 12.6. The summed E-state index contributed by atoms with van der Waals surface area (Å²) < 4.78 is 18.5. The summed E-state index contributed by atoms with van der Waals surface area (Å²) in [5.74, 6) is -0.111. The second kappa shape index (κ2) is 5.12. The van der Waals surface area contributed by atoms with Gasteiger partial charge in [-0.25, -0.2) is 4.39 Å². The van der Waals surface area contributed by atoms with Gasteiger partial charge >= 0.3 is 0 Å². The predicted octanol–water partition coefficient (Wildman–Crippen LogP) is 2.32. The Balaban J connectivity index is 3.13. The molecular weight excluding hydrogens is 195 g/mol. The molecule has 0 aliphatic heterocycles. The predicted molar refractivity (Wildman–Crippen MR) is 57.7 cm³/mol. The molecule has 84 valence electrons. The lowest BCUT2D eigenvalue weighted by atomic mass is 10.0. The molecule has 0 radical (unpaired) electrons. The minimum absolute atomic E-state index is 0.244. The van der Waals surface area contributed by atoms with Crippen molar-refractivity contribution in [3.8, 4) is 5.75 Å². The topological polar surface area (TPSA) is 29.5 Å². The highest BCUT2D eigenvalue weighted by atomic mass is 19.1. The third-order valence-electron chi connectivity index (χ3n) is 2.31. The molecule has 0 saturated carbocycles. The van der Waals surface area contributed by atoms with Crippen LogP contribution in [0.25, 0.3) is 0 Å². The third-order valence-corrected chi connectivity index (χ3v) is 2.31. The number of rotatable bonds is 4. The first-order valence-electron chi connectivity index (χ1n) is 5.11. The molecule has 0 saturated heterocycles. The van der Waals surface area contributed by atoms with Crippen molar-refractivity contribution in [2.75, 3.05) is 7.11 Å². The molecule has 0 spiro atoms. The first-order chi connectivity index (χ1) is 7.08. The molecule has 15 heavy (non-hydrogen) atoms. The van der Waals surface area contributed by atoms with Gasteiger partial charge in [0.25, 0.3) is 0 Å². The highest BCUT2D eigenvalue weighted by Crippen LogP contribution is 2.25. The van der Waals surface area contributed by atoms with E-state index in [2.05, 4.69) is 0 Å². The van der Waals surface area contributed by atoms with Gasteiger partial charge in [0.1, 0.15) is 0 Å². The van der Waals surface area contributed by atoms with Gasteiger partial charge in [0, 0.05) is 6.42 Å². The Kier molecular flexibility index (Phi) is 4.09. The molecule has 0 fully saturated rings. The standard InChI is InChI=1S/C12H17FO2/c1-4-9-6-10(5-8(2)14)12(15-3)11(13)7-9/h6-8,14H,4-5H2,1-3H3. The Hall–Kier alpha value is -1.09. The highest BCUT2D eigenvalue weighted by Gasteiger charge is 2.12. The molecule has 0 aliphatic carbocycles. The summed E-state index contributed by atoms with van der Waals surface area (Å²) in [5.41, 5.74) is 1.65. The van der Waals surface area contributed by atoms with Crippen molar-refractivity contribution in [2.45, 2.75) is 32.8 Å². The largest absolute Gasteiger partial charge is 0.493 e. The summed E-state index contributed by atoms with van der Waals surface area (Å²) in [6.45, 7) is 3.64. The number of benzene rings is 1. The SMILES string of the molecule is CCc1cc(F)c(OC)c(CC(C)O)c1. The van der Waals surface area contributed by atoms with E-state index in [9.17, 15) is 9.50 Å². The van der Waals surface area contributed by atoms with Gasteiger partial charge in [-0.2, -0.15) is 0 Å². The van der Waals surface area contributed by atoms with Crippen molar-refractivity contribution in [3.05, 3.63) is 29.1 Å². The molecule has 2 nitrogen and oxygen atoms in total. The quantitative estimate of drug-likeness (QED) is 0.830. The van der Waals surface area contributed by atoms with E-state index in [0.717, 1.165) is 17.5 Å². The van der Waals surface area contributed by atoms with Crippen molar-refractivity contribution in [2.24, 2.45) is 0 Å². The van der Waals surface area contributed by atoms with Crippen molar-refractivity contribution in [3.63, 3.8) is 0 Å². The van der Waals surface area contributed by atoms with Gasteiger partial charge < -0.3 is 9.84 Å². The summed E-state index contributed by atoms with van der Waals surface area (Å²) in [7, 11) is 1.44. The van der Waals surface area contributed by atoms with Crippen LogP contribution in [-0.2, 0) is 12.8 Å². The number of ether oxygens (including phenoxy) is 1. The average Bonchev–Trinajstić information content (AvgIpc) is 2.16. The van der Waals surface area contributed by atoms with E-state index < -0.39 is 6.10 Å². The van der Waals surface area contributed by atoms with E-state index in [0.29, 0.717) is 6.42 Å². The summed E-state index contributed by atoms with van der Waals surface area (Å²) in [5, 5.41) is 9.30. The monoisotopic (exact) mass is 212 g/mol. The summed E-state index contributed by atoms with van der Waals surface area (Å²) in [6, 6.07) is 3.36. The molecule has 0 aromatic heterocycles. The third kappa shape index (κ3) is 2.93. The molecular formula is C12H17FO2. The second-order valence-electron chi connectivity index (χ2n) is 3.68. The van der Waals surface area contributed by atoms with Gasteiger partial charge in [-0.15, -0.1) is 0 Å². The first kappa shape index (κ1) is 12.0.